The number of fused-ring (bicyclic) bond motifs is 1. The number of rotatable bonds is 2. The Morgan fingerprint density at radius 2 is 2.47 bits per heavy atom. The predicted octanol–water partition coefficient (Wildman–Crippen LogP) is 2.76. The first-order valence-electron chi connectivity index (χ1n) is 5.62. The Morgan fingerprint density at radius 3 is 3.29 bits per heavy atom. The summed E-state index contributed by atoms with van der Waals surface area (Å²) < 4.78 is 0.593. The topological polar surface area (TPSA) is 31.9 Å². The van der Waals surface area contributed by atoms with Crippen molar-refractivity contribution in [1.29, 1.82) is 0 Å². The number of nitrogens with zero attached hydrogens (tertiary/aromatic N) is 2. The van der Waals surface area contributed by atoms with Crippen molar-refractivity contribution < 1.29 is 0 Å². The Bertz CT molecular complexity index is 559. The largest absolute Gasteiger partial charge is 0.334 e. The second-order valence-electron chi connectivity index (χ2n) is 4.28. The van der Waals surface area contributed by atoms with Gasteiger partial charge in [-0.15, -0.1) is 0 Å². The summed E-state index contributed by atoms with van der Waals surface area (Å²) in [5.41, 5.74) is 3.93. The Hall–Kier alpha value is -1.04. The number of hydrogen-bond donors (Lipinski definition) is 1. The number of aromatic amines is 1. The monoisotopic (exact) mass is 263 g/mol. The summed E-state index contributed by atoms with van der Waals surface area (Å²) in [7, 11) is 0. The molecule has 5 heteroatoms. The molecule has 0 fully saturated rings. The van der Waals surface area contributed by atoms with E-state index in [1.807, 2.05) is 6.20 Å². The van der Waals surface area contributed by atoms with Crippen molar-refractivity contribution in [1.82, 2.24) is 14.9 Å². The van der Waals surface area contributed by atoms with E-state index in [1.165, 1.54) is 16.8 Å². The molecule has 88 valence electrons. The average Bonchev–Trinajstić information content (AvgIpc) is 2.82. The Kier molecular flexibility index (Phi) is 3.05. The van der Waals surface area contributed by atoms with Crippen LogP contribution in [0.5, 0.6) is 0 Å². The van der Waals surface area contributed by atoms with Gasteiger partial charge in [0.05, 0.1) is 0 Å². The molecule has 0 saturated heterocycles. The van der Waals surface area contributed by atoms with Gasteiger partial charge in [-0.05, 0) is 34.6 Å². The van der Waals surface area contributed by atoms with E-state index in [4.69, 9.17) is 12.2 Å². The quantitative estimate of drug-likeness (QED) is 0.846. The molecule has 3 rings (SSSR count). The highest BCUT2D eigenvalue weighted by atomic mass is 32.1. The van der Waals surface area contributed by atoms with E-state index < -0.39 is 0 Å². The lowest BCUT2D eigenvalue weighted by atomic mass is 10.1. The van der Waals surface area contributed by atoms with Crippen molar-refractivity contribution in [3.63, 3.8) is 0 Å². The molecule has 0 bridgehead atoms. The van der Waals surface area contributed by atoms with Gasteiger partial charge in [0.2, 0.25) is 0 Å². The average molecular weight is 263 g/mol. The van der Waals surface area contributed by atoms with Gasteiger partial charge in [0.1, 0.15) is 0 Å². The fourth-order valence-electron chi connectivity index (χ4n) is 2.18. The molecule has 1 N–H and O–H groups in total. The van der Waals surface area contributed by atoms with E-state index in [0.29, 0.717) is 4.77 Å². The smallest absolute Gasteiger partial charge is 0.196 e. The van der Waals surface area contributed by atoms with E-state index >= 15 is 0 Å². The van der Waals surface area contributed by atoms with Gasteiger partial charge in [0.15, 0.2) is 4.77 Å². The molecule has 0 spiro atoms. The SMILES string of the molecule is S=c1ncc2c([nH]1)CCN(Cc1ccsc1)C2. The van der Waals surface area contributed by atoms with Crippen molar-refractivity contribution in [2.45, 2.75) is 19.5 Å². The highest BCUT2D eigenvalue weighted by Gasteiger charge is 2.16. The lowest BCUT2D eigenvalue weighted by Crippen LogP contribution is -2.30. The summed E-state index contributed by atoms with van der Waals surface area (Å²) in [6.45, 7) is 3.07. The Balaban J connectivity index is 1.76. The molecule has 0 unspecified atom stereocenters. The van der Waals surface area contributed by atoms with Crippen LogP contribution in [0.3, 0.4) is 0 Å². The minimum atomic E-state index is 0.593. The number of aromatic nitrogens is 2. The molecule has 0 amide bonds. The Morgan fingerprint density at radius 1 is 1.53 bits per heavy atom. The van der Waals surface area contributed by atoms with Crippen LogP contribution in [-0.4, -0.2) is 21.4 Å². The van der Waals surface area contributed by atoms with Gasteiger partial charge in [-0.2, -0.15) is 11.3 Å². The van der Waals surface area contributed by atoms with E-state index in [1.54, 1.807) is 11.3 Å². The third kappa shape index (κ3) is 2.46. The lowest BCUT2D eigenvalue weighted by Gasteiger charge is -2.27. The maximum atomic E-state index is 5.04. The van der Waals surface area contributed by atoms with E-state index in [0.717, 1.165) is 26.1 Å². The first-order chi connectivity index (χ1) is 8.31. The first-order valence-corrected chi connectivity index (χ1v) is 6.97. The molecule has 1 aliphatic heterocycles. The molecule has 0 saturated carbocycles. The molecule has 0 radical (unpaired) electrons. The second kappa shape index (κ2) is 4.68. The van der Waals surface area contributed by atoms with Crippen molar-refractivity contribution in [3.8, 4) is 0 Å². The van der Waals surface area contributed by atoms with Gasteiger partial charge in [-0.1, -0.05) is 0 Å². The summed E-state index contributed by atoms with van der Waals surface area (Å²) in [5.74, 6) is 0. The molecule has 3 heterocycles. The van der Waals surface area contributed by atoms with Crippen LogP contribution in [0.2, 0.25) is 0 Å². The van der Waals surface area contributed by atoms with E-state index in [9.17, 15) is 0 Å². The zero-order chi connectivity index (χ0) is 11.7. The normalized spacial score (nSPS) is 15.8. The molecular formula is C12H13N3S2. The summed E-state index contributed by atoms with van der Waals surface area (Å²) in [6, 6.07) is 2.19. The number of H-pyrrole nitrogens is 1. The highest BCUT2D eigenvalue weighted by Crippen LogP contribution is 2.18. The van der Waals surface area contributed by atoms with Crippen LogP contribution in [0.15, 0.2) is 23.0 Å². The number of nitrogens with one attached hydrogen (secondary N) is 1. The third-order valence-electron chi connectivity index (χ3n) is 3.04. The van der Waals surface area contributed by atoms with E-state index in [2.05, 4.69) is 31.7 Å². The van der Waals surface area contributed by atoms with Crippen LogP contribution in [0.25, 0.3) is 0 Å². The van der Waals surface area contributed by atoms with Gasteiger partial charge in [-0.25, -0.2) is 4.98 Å². The van der Waals surface area contributed by atoms with Crippen molar-refractivity contribution >= 4 is 23.6 Å². The fourth-order valence-corrected chi connectivity index (χ4v) is 3.02. The van der Waals surface area contributed by atoms with Crippen LogP contribution >= 0.6 is 23.6 Å². The lowest BCUT2D eigenvalue weighted by molar-refractivity contribution is 0.243. The molecule has 3 nitrogen and oxygen atoms in total. The molecular weight excluding hydrogens is 250 g/mol. The molecule has 0 aromatic carbocycles. The van der Waals surface area contributed by atoms with E-state index in [-0.39, 0.29) is 0 Å². The van der Waals surface area contributed by atoms with Crippen LogP contribution in [-0.2, 0) is 19.5 Å². The van der Waals surface area contributed by atoms with Crippen molar-refractivity contribution in [3.05, 3.63) is 44.6 Å². The standard InChI is InChI=1S/C12H13N3S2/c16-12-13-5-10-7-15(3-1-11(10)14-12)6-9-2-4-17-8-9/h2,4-5,8H,1,3,6-7H2,(H,13,14,16). The molecule has 0 aliphatic carbocycles. The van der Waals surface area contributed by atoms with Gasteiger partial charge in [-0.3, -0.25) is 4.90 Å². The second-order valence-corrected chi connectivity index (χ2v) is 5.45. The highest BCUT2D eigenvalue weighted by molar-refractivity contribution is 7.71. The summed E-state index contributed by atoms with van der Waals surface area (Å²) in [5, 5.41) is 4.35. The predicted molar refractivity (Wildman–Crippen MR) is 71.6 cm³/mol. The van der Waals surface area contributed by atoms with Crippen molar-refractivity contribution in [2.24, 2.45) is 0 Å². The first kappa shape index (κ1) is 11.1. The maximum Gasteiger partial charge on any atom is 0.196 e. The van der Waals surface area contributed by atoms with Gasteiger partial charge in [0.25, 0.3) is 0 Å². The van der Waals surface area contributed by atoms with Crippen LogP contribution in [0.1, 0.15) is 16.8 Å². The third-order valence-corrected chi connectivity index (χ3v) is 3.98. The zero-order valence-corrected chi connectivity index (χ0v) is 11.0. The van der Waals surface area contributed by atoms with Crippen LogP contribution < -0.4 is 0 Å². The number of hydrogen-bond acceptors (Lipinski definition) is 4. The molecule has 2 aromatic heterocycles. The van der Waals surface area contributed by atoms with Crippen molar-refractivity contribution in [2.75, 3.05) is 6.54 Å². The zero-order valence-electron chi connectivity index (χ0n) is 9.35. The van der Waals surface area contributed by atoms with Gasteiger partial charge >= 0.3 is 0 Å². The number of thiophene rings is 1. The molecule has 0 atom stereocenters. The van der Waals surface area contributed by atoms with Crippen LogP contribution in [0, 0.1) is 4.77 Å². The summed E-state index contributed by atoms with van der Waals surface area (Å²) in [6.07, 6.45) is 2.94. The summed E-state index contributed by atoms with van der Waals surface area (Å²) in [4.78, 5) is 9.79. The molecule has 1 aliphatic rings. The maximum absolute atomic E-state index is 5.04. The van der Waals surface area contributed by atoms with Crippen LogP contribution in [0.4, 0.5) is 0 Å². The summed E-state index contributed by atoms with van der Waals surface area (Å²) >= 11 is 6.80. The molecule has 17 heavy (non-hydrogen) atoms. The van der Waals surface area contributed by atoms with Gasteiger partial charge in [0, 0.05) is 43.5 Å². The molecule has 2 aromatic rings. The van der Waals surface area contributed by atoms with Gasteiger partial charge < -0.3 is 4.98 Å². The fraction of sp³-hybridized carbons (Fsp3) is 0.333. The minimum absolute atomic E-state index is 0.593. The Labute approximate surface area is 109 Å². The minimum Gasteiger partial charge on any atom is -0.334 e.